The van der Waals surface area contributed by atoms with E-state index < -0.39 is 0 Å². The van der Waals surface area contributed by atoms with E-state index in [1.165, 1.54) is 17.6 Å². The monoisotopic (exact) mass is 389 g/mol. The van der Waals surface area contributed by atoms with Gasteiger partial charge in [-0.25, -0.2) is 4.98 Å². The summed E-state index contributed by atoms with van der Waals surface area (Å²) in [4.78, 5) is 36.9. The molecule has 146 valence electrons. The molecule has 6 nitrogen and oxygen atoms in total. The number of methoxy groups -OCH3 is 1. The molecule has 0 amide bonds. The second-order valence-electron chi connectivity index (χ2n) is 7.99. The van der Waals surface area contributed by atoms with E-state index in [4.69, 9.17) is 9.72 Å². The lowest BCUT2D eigenvalue weighted by molar-refractivity contribution is -0.147. The highest BCUT2D eigenvalue weighted by atomic mass is 32.1. The molecule has 1 saturated heterocycles. The van der Waals surface area contributed by atoms with Gasteiger partial charge in [-0.1, -0.05) is 6.92 Å². The van der Waals surface area contributed by atoms with Gasteiger partial charge in [-0.05, 0) is 63.6 Å². The van der Waals surface area contributed by atoms with Crippen LogP contribution in [0.1, 0.15) is 55.4 Å². The maximum absolute atomic E-state index is 12.8. The Balaban J connectivity index is 1.57. The molecule has 4 rings (SSSR count). The van der Waals surface area contributed by atoms with Gasteiger partial charge in [-0.15, -0.1) is 11.3 Å². The van der Waals surface area contributed by atoms with E-state index in [0.29, 0.717) is 5.92 Å². The van der Waals surface area contributed by atoms with Crippen LogP contribution in [-0.2, 0) is 22.4 Å². The number of hydrogen-bond acceptors (Lipinski definition) is 6. The summed E-state index contributed by atoms with van der Waals surface area (Å²) in [6, 6.07) is 0.0266. The molecule has 2 aliphatic rings. The molecule has 0 radical (unpaired) electrons. The molecule has 2 atom stereocenters. The van der Waals surface area contributed by atoms with Crippen LogP contribution in [0.2, 0.25) is 0 Å². The van der Waals surface area contributed by atoms with Crippen molar-refractivity contribution in [3.8, 4) is 0 Å². The lowest BCUT2D eigenvalue weighted by Gasteiger charge is -2.34. The van der Waals surface area contributed by atoms with Crippen molar-refractivity contribution in [3.63, 3.8) is 0 Å². The van der Waals surface area contributed by atoms with Crippen LogP contribution in [0.25, 0.3) is 10.2 Å². The summed E-state index contributed by atoms with van der Waals surface area (Å²) in [6.45, 7) is 5.97. The van der Waals surface area contributed by atoms with Crippen LogP contribution >= 0.6 is 11.3 Å². The smallest absolute Gasteiger partial charge is 0.308 e. The number of fused-ring (bicyclic) bond motifs is 3. The second-order valence-corrected chi connectivity index (χ2v) is 9.08. The van der Waals surface area contributed by atoms with Crippen molar-refractivity contribution in [2.75, 3.05) is 20.2 Å². The van der Waals surface area contributed by atoms with E-state index >= 15 is 0 Å². The van der Waals surface area contributed by atoms with E-state index in [2.05, 4.69) is 23.7 Å². The number of esters is 1. The number of nitrogens with zero attached hydrogens (tertiary/aromatic N) is 2. The number of nitrogens with one attached hydrogen (secondary N) is 1. The minimum Gasteiger partial charge on any atom is -0.469 e. The molecule has 3 heterocycles. The molecule has 0 spiro atoms. The van der Waals surface area contributed by atoms with E-state index in [9.17, 15) is 9.59 Å². The Kier molecular flexibility index (Phi) is 5.07. The third-order valence-electron chi connectivity index (χ3n) is 6.19. The average Bonchev–Trinajstić information content (AvgIpc) is 3.04. The van der Waals surface area contributed by atoms with Gasteiger partial charge < -0.3 is 9.72 Å². The van der Waals surface area contributed by atoms with Crippen molar-refractivity contribution in [1.82, 2.24) is 14.9 Å². The normalized spacial score (nSPS) is 22.6. The van der Waals surface area contributed by atoms with Crippen molar-refractivity contribution in [3.05, 3.63) is 26.6 Å². The molecule has 1 aliphatic carbocycles. The van der Waals surface area contributed by atoms with E-state index in [1.807, 2.05) is 0 Å². The molecule has 1 N–H and O–H groups in total. The van der Waals surface area contributed by atoms with Gasteiger partial charge in [0.05, 0.1) is 24.5 Å². The molecule has 0 aromatic carbocycles. The number of H-pyrrole nitrogens is 1. The topological polar surface area (TPSA) is 75.3 Å². The summed E-state index contributed by atoms with van der Waals surface area (Å²) in [7, 11) is 1.45. The first-order valence-electron chi connectivity index (χ1n) is 9.84. The Morgan fingerprint density at radius 1 is 1.33 bits per heavy atom. The molecular weight excluding hydrogens is 362 g/mol. The van der Waals surface area contributed by atoms with Gasteiger partial charge in [0.25, 0.3) is 5.56 Å². The van der Waals surface area contributed by atoms with Crippen LogP contribution in [0.3, 0.4) is 0 Å². The number of thiophene rings is 1. The minimum atomic E-state index is -0.117. The summed E-state index contributed by atoms with van der Waals surface area (Å²) in [5.74, 6) is 1.28. The summed E-state index contributed by atoms with van der Waals surface area (Å²) in [6.07, 6.45) is 4.76. The number of hydrogen-bond donors (Lipinski definition) is 1. The quantitative estimate of drug-likeness (QED) is 0.817. The summed E-state index contributed by atoms with van der Waals surface area (Å²) in [5.41, 5.74) is 1.22. The zero-order valence-corrected chi connectivity index (χ0v) is 17.0. The van der Waals surface area contributed by atoms with Gasteiger partial charge in [-0.3, -0.25) is 14.5 Å². The predicted molar refractivity (Wildman–Crippen MR) is 106 cm³/mol. The molecule has 0 saturated carbocycles. The highest BCUT2D eigenvalue weighted by Gasteiger charge is 2.30. The molecule has 7 heteroatoms. The van der Waals surface area contributed by atoms with Crippen molar-refractivity contribution < 1.29 is 9.53 Å². The largest absolute Gasteiger partial charge is 0.469 e. The molecule has 2 aromatic rings. The van der Waals surface area contributed by atoms with E-state index in [-0.39, 0.29) is 23.5 Å². The van der Waals surface area contributed by atoms with Crippen LogP contribution in [0, 0.1) is 11.8 Å². The van der Waals surface area contributed by atoms with Gasteiger partial charge in [0.1, 0.15) is 10.7 Å². The standard InChI is InChI=1S/C20H27N3O3S/c1-11-4-5-14-15(10-11)27-19-16(14)18(24)21-17(22-19)12(2)23-8-6-13(7-9-23)20(25)26-3/h11-13H,4-10H2,1-3H3,(H,21,22,24)/t11-,12-/m0/s1. The van der Waals surface area contributed by atoms with Crippen LogP contribution in [0.5, 0.6) is 0 Å². The van der Waals surface area contributed by atoms with Gasteiger partial charge in [0.15, 0.2) is 0 Å². The third kappa shape index (κ3) is 3.43. The number of aryl methyl sites for hydroxylation is 1. The lowest BCUT2D eigenvalue weighted by atomic mass is 9.89. The molecular formula is C20H27N3O3S. The van der Waals surface area contributed by atoms with Crippen LogP contribution in [-0.4, -0.2) is 41.0 Å². The number of piperidine rings is 1. The number of ether oxygens (including phenoxy) is 1. The van der Waals surface area contributed by atoms with Gasteiger partial charge >= 0.3 is 5.97 Å². The van der Waals surface area contributed by atoms with Gasteiger partial charge in [0.2, 0.25) is 0 Å². The van der Waals surface area contributed by atoms with Crippen LogP contribution in [0.4, 0.5) is 0 Å². The molecule has 0 bridgehead atoms. The van der Waals surface area contributed by atoms with E-state index in [0.717, 1.165) is 61.2 Å². The van der Waals surface area contributed by atoms with Crippen LogP contribution < -0.4 is 5.56 Å². The lowest BCUT2D eigenvalue weighted by Crippen LogP contribution is -2.39. The summed E-state index contributed by atoms with van der Waals surface area (Å²) < 4.78 is 4.87. The van der Waals surface area contributed by atoms with Crippen molar-refractivity contribution in [2.24, 2.45) is 11.8 Å². The fourth-order valence-electron chi connectivity index (χ4n) is 4.43. The molecule has 1 fully saturated rings. The fourth-order valence-corrected chi connectivity index (χ4v) is 5.82. The SMILES string of the molecule is COC(=O)C1CCN([C@@H](C)c2nc3sc4c(c3c(=O)[nH]2)CC[C@H](C)C4)CC1. The van der Waals surface area contributed by atoms with Crippen LogP contribution in [0.15, 0.2) is 4.79 Å². The Bertz CT molecular complexity index is 911. The first-order valence-corrected chi connectivity index (χ1v) is 10.7. The Morgan fingerprint density at radius 2 is 2.07 bits per heavy atom. The first-order chi connectivity index (χ1) is 13.0. The average molecular weight is 390 g/mol. The summed E-state index contributed by atoms with van der Waals surface area (Å²) in [5, 5.41) is 0.808. The third-order valence-corrected chi connectivity index (χ3v) is 7.34. The first kappa shape index (κ1) is 18.6. The van der Waals surface area contributed by atoms with Crippen molar-refractivity contribution >= 4 is 27.5 Å². The molecule has 27 heavy (non-hydrogen) atoms. The minimum absolute atomic E-state index is 0.00153. The Hall–Kier alpha value is -1.73. The number of aromatic amines is 1. The predicted octanol–water partition coefficient (Wildman–Crippen LogP) is 3.06. The Labute approximate surface area is 162 Å². The second kappa shape index (κ2) is 7.36. The maximum atomic E-state index is 12.8. The number of likely N-dealkylation sites (tertiary alicyclic amines) is 1. The molecule has 1 aliphatic heterocycles. The zero-order chi connectivity index (χ0) is 19.1. The Morgan fingerprint density at radius 3 is 2.78 bits per heavy atom. The van der Waals surface area contributed by atoms with Gasteiger partial charge in [0, 0.05) is 4.88 Å². The van der Waals surface area contributed by atoms with E-state index in [1.54, 1.807) is 11.3 Å². The van der Waals surface area contributed by atoms with Gasteiger partial charge in [-0.2, -0.15) is 0 Å². The molecule has 0 unspecified atom stereocenters. The van der Waals surface area contributed by atoms with Crippen molar-refractivity contribution in [2.45, 2.75) is 52.0 Å². The highest BCUT2D eigenvalue weighted by molar-refractivity contribution is 7.18. The fraction of sp³-hybridized carbons (Fsp3) is 0.650. The summed E-state index contributed by atoms with van der Waals surface area (Å²) >= 11 is 1.69. The highest BCUT2D eigenvalue weighted by Crippen LogP contribution is 2.36. The maximum Gasteiger partial charge on any atom is 0.308 e. The number of rotatable bonds is 3. The van der Waals surface area contributed by atoms with Crippen molar-refractivity contribution in [1.29, 1.82) is 0 Å². The number of aromatic nitrogens is 2. The molecule has 2 aromatic heterocycles. The number of carbonyl (C=O) groups excluding carboxylic acids is 1. The number of carbonyl (C=O) groups is 1. The zero-order valence-electron chi connectivity index (χ0n) is 16.2.